The number of carbonyl (C=O) groups is 1. The Bertz CT molecular complexity index is 1030. The van der Waals surface area contributed by atoms with Gasteiger partial charge in [-0.2, -0.15) is 10.4 Å². The van der Waals surface area contributed by atoms with Gasteiger partial charge in [-0.05, 0) is 47.8 Å². The number of ether oxygens (including phenoxy) is 1. The summed E-state index contributed by atoms with van der Waals surface area (Å²) in [5.74, 6) is -0.419. The van der Waals surface area contributed by atoms with Gasteiger partial charge in [0.25, 0.3) is 0 Å². The monoisotopic (exact) mass is 357 g/mol. The number of esters is 1. The Morgan fingerprint density at radius 1 is 1.48 bits per heavy atom. The maximum atomic E-state index is 11.8. The summed E-state index contributed by atoms with van der Waals surface area (Å²) in [6.07, 6.45) is 11.2. The van der Waals surface area contributed by atoms with E-state index in [-0.39, 0.29) is 0 Å². The predicted octanol–water partition coefficient (Wildman–Crippen LogP) is 4.16. The third-order valence-corrected chi connectivity index (χ3v) is 4.29. The van der Waals surface area contributed by atoms with Crippen LogP contribution in [-0.2, 0) is 11.2 Å². The first kappa shape index (κ1) is 18.2. The molecule has 0 N–H and O–H groups in total. The molecule has 5 heteroatoms. The highest BCUT2D eigenvalue weighted by molar-refractivity contribution is 5.88. The van der Waals surface area contributed by atoms with Crippen molar-refractivity contribution in [3.05, 3.63) is 89.3 Å². The zero-order chi connectivity index (χ0) is 19.4. The summed E-state index contributed by atoms with van der Waals surface area (Å²) in [4.78, 5) is 11.8. The van der Waals surface area contributed by atoms with Gasteiger partial charge in [0.1, 0.15) is 0 Å². The van der Waals surface area contributed by atoms with E-state index in [4.69, 9.17) is 4.74 Å². The van der Waals surface area contributed by atoms with E-state index in [1.807, 2.05) is 24.3 Å². The average Bonchev–Trinajstić information content (AvgIpc) is 3.32. The molecule has 0 amide bonds. The van der Waals surface area contributed by atoms with Gasteiger partial charge >= 0.3 is 5.97 Å². The minimum Gasteiger partial charge on any atom is -0.462 e. The molecule has 1 aromatic carbocycles. The van der Waals surface area contributed by atoms with Gasteiger partial charge in [-0.25, -0.2) is 9.48 Å². The topological polar surface area (TPSA) is 67.9 Å². The Kier molecular flexibility index (Phi) is 5.18. The molecule has 0 saturated heterocycles. The quantitative estimate of drug-likeness (QED) is 0.575. The first-order chi connectivity index (χ1) is 13.1. The lowest BCUT2D eigenvalue weighted by atomic mass is 10.00. The van der Waals surface area contributed by atoms with Crippen LogP contribution in [0.2, 0.25) is 0 Å². The fourth-order valence-corrected chi connectivity index (χ4v) is 2.95. The van der Waals surface area contributed by atoms with E-state index in [2.05, 4.69) is 24.3 Å². The maximum absolute atomic E-state index is 11.8. The number of allylic oxidation sites excluding steroid dienone is 5. The van der Waals surface area contributed by atoms with Crippen molar-refractivity contribution < 1.29 is 9.53 Å². The van der Waals surface area contributed by atoms with Crippen molar-refractivity contribution in [1.82, 2.24) is 9.78 Å². The third-order valence-electron chi connectivity index (χ3n) is 4.29. The summed E-state index contributed by atoms with van der Waals surface area (Å²) in [6, 6.07) is 5.99. The molecule has 5 nitrogen and oxygen atoms in total. The number of benzene rings is 1. The molecule has 1 heterocycles. The van der Waals surface area contributed by atoms with Crippen molar-refractivity contribution in [2.24, 2.45) is 0 Å². The third kappa shape index (κ3) is 3.65. The van der Waals surface area contributed by atoms with Gasteiger partial charge in [-0.3, -0.25) is 0 Å². The van der Waals surface area contributed by atoms with Gasteiger partial charge < -0.3 is 4.74 Å². The fourth-order valence-electron chi connectivity index (χ4n) is 2.95. The van der Waals surface area contributed by atoms with E-state index in [1.165, 1.54) is 6.20 Å². The average molecular weight is 357 g/mol. The van der Waals surface area contributed by atoms with Crippen LogP contribution in [-0.4, -0.2) is 22.4 Å². The molecule has 134 valence electrons. The Balaban J connectivity index is 1.97. The molecule has 0 radical (unpaired) electrons. The van der Waals surface area contributed by atoms with E-state index in [1.54, 1.807) is 29.9 Å². The summed E-state index contributed by atoms with van der Waals surface area (Å²) < 4.78 is 6.57. The van der Waals surface area contributed by atoms with E-state index < -0.39 is 5.97 Å². The van der Waals surface area contributed by atoms with Crippen LogP contribution in [0.4, 0.5) is 0 Å². The van der Waals surface area contributed by atoms with Crippen molar-refractivity contribution in [3.63, 3.8) is 0 Å². The molecule has 0 atom stereocenters. The lowest BCUT2D eigenvalue weighted by Crippen LogP contribution is -2.03. The minimum atomic E-state index is -0.419. The molecular formula is C22H19N3O2. The number of carbonyl (C=O) groups excluding carboxylic acids is 1. The first-order valence-corrected chi connectivity index (χ1v) is 8.55. The SMILES string of the molecule is C=C/C=C\C(=C)C1=Cc2cc(-n3cc(C(=O)OCC)cn3)cc(C#N)c2C1. The van der Waals surface area contributed by atoms with Crippen molar-refractivity contribution in [2.45, 2.75) is 13.3 Å². The number of hydrogen-bond donors (Lipinski definition) is 0. The van der Waals surface area contributed by atoms with Crippen LogP contribution < -0.4 is 0 Å². The standard InChI is InChI=1S/C22H19N3O2/c1-4-6-7-15(3)16-8-17-9-20(10-18(12-23)21(17)11-16)25-14-19(13-24-25)22(26)27-5-2/h4,6-10,13-14H,1,3,5,11H2,2H3/b7-6-. The molecule has 3 rings (SSSR count). The summed E-state index contributed by atoms with van der Waals surface area (Å²) >= 11 is 0. The number of hydrogen-bond acceptors (Lipinski definition) is 4. The molecule has 0 spiro atoms. The Hall–Kier alpha value is -3.65. The van der Waals surface area contributed by atoms with Crippen molar-refractivity contribution >= 4 is 12.0 Å². The fraction of sp³-hybridized carbons (Fsp3) is 0.136. The molecule has 27 heavy (non-hydrogen) atoms. The van der Waals surface area contributed by atoms with Gasteiger partial charge in [0.05, 0.1) is 35.7 Å². The summed E-state index contributed by atoms with van der Waals surface area (Å²) in [6.45, 7) is 9.80. The summed E-state index contributed by atoms with van der Waals surface area (Å²) in [5.41, 5.74) is 5.55. The number of fused-ring (bicyclic) bond motifs is 1. The highest BCUT2D eigenvalue weighted by Crippen LogP contribution is 2.33. The van der Waals surface area contributed by atoms with Crippen LogP contribution in [0, 0.1) is 11.3 Å². The van der Waals surface area contributed by atoms with Gasteiger partial charge in [-0.1, -0.05) is 37.5 Å². The van der Waals surface area contributed by atoms with Crippen LogP contribution in [0.3, 0.4) is 0 Å². The largest absolute Gasteiger partial charge is 0.462 e. The molecular weight excluding hydrogens is 338 g/mol. The lowest BCUT2D eigenvalue weighted by Gasteiger charge is -2.07. The van der Waals surface area contributed by atoms with E-state index in [9.17, 15) is 10.1 Å². The zero-order valence-electron chi connectivity index (χ0n) is 15.1. The van der Waals surface area contributed by atoms with Crippen LogP contribution >= 0.6 is 0 Å². The van der Waals surface area contributed by atoms with Gasteiger partial charge in [0.2, 0.25) is 0 Å². The molecule has 1 aliphatic rings. The highest BCUT2D eigenvalue weighted by Gasteiger charge is 2.20. The Morgan fingerprint density at radius 2 is 2.30 bits per heavy atom. The molecule has 1 aliphatic carbocycles. The second kappa shape index (κ2) is 7.71. The van der Waals surface area contributed by atoms with Crippen molar-refractivity contribution in [3.8, 4) is 11.8 Å². The highest BCUT2D eigenvalue weighted by atomic mass is 16.5. The predicted molar refractivity (Wildman–Crippen MR) is 104 cm³/mol. The molecule has 1 aromatic heterocycles. The van der Waals surface area contributed by atoms with Gasteiger partial charge in [0, 0.05) is 6.20 Å². The second-order valence-corrected chi connectivity index (χ2v) is 6.03. The number of rotatable bonds is 6. The van der Waals surface area contributed by atoms with Crippen LogP contribution in [0.5, 0.6) is 0 Å². The molecule has 0 unspecified atom stereocenters. The smallest absolute Gasteiger partial charge is 0.341 e. The zero-order valence-corrected chi connectivity index (χ0v) is 15.1. The Morgan fingerprint density at radius 3 is 3.00 bits per heavy atom. The molecule has 0 fully saturated rings. The van der Waals surface area contributed by atoms with E-state index in [0.717, 1.165) is 22.3 Å². The second-order valence-electron chi connectivity index (χ2n) is 6.03. The summed E-state index contributed by atoms with van der Waals surface area (Å²) in [7, 11) is 0. The van der Waals surface area contributed by atoms with Crippen molar-refractivity contribution in [1.29, 1.82) is 5.26 Å². The van der Waals surface area contributed by atoms with Gasteiger partial charge in [0.15, 0.2) is 0 Å². The normalized spacial score (nSPS) is 12.4. The number of nitriles is 1. The van der Waals surface area contributed by atoms with E-state index in [0.29, 0.717) is 29.8 Å². The van der Waals surface area contributed by atoms with E-state index >= 15 is 0 Å². The van der Waals surface area contributed by atoms with Crippen LogP contribution in [0.25, 0.3) is 11.8 Å². The lowest BCUT2D eigenvalue weighted by molar-refractivity contribution is 0.0526. The maximum Gasteiger partial charge on any atom is 0.341 e. The molecule has 2 aromatic rings. The van der Waals surface area contributed by atoms with Crippen LogP contribution in [0.1, 0.15) is 34.0 Å². The van der Waals surface area contributed by atoms with Crippen molar-refractivity contribution in [2.75, 3.05) is 6.61 Å². The molecule has 0 aliphatic heterocycles. The van der Waals surface area contributed by atoms with Crippen LogP contribution in [0.15, 0.2) is 67.1 Å². The first-order valence-electron chi connectivity index (χ1n) is 8.55. The molecule has 0 bridgehead atoms. The minimum absolute atomic E-state index is 0.305. The Labute approximate surface area is 158 Å². The summed E-state index contributed by atoms with van der Waals surface area (Å²) in [5, 5.41) is 13.8. The number of aromatic nitrogens is 2. The molecule has 0 saturated carbocycles. The number of nitrogens with zero attached hydrogens (tertiary/aromatic N) is 3. The van der Waals surface area contributed by atoms with Gasteiger partial charge in [-0.15, -0.1) is 0 Å².